The summed E-state index contributed by atoms with van der Waals surface area (Å²) in [4.78, 5) is 75.2. The molecule has 10 atom stereocenters. The Labute approximate surface area is 255 Å². The van der Waals surface area contributed by atoms with E-state index in [1.54, 1.807) is 0 Å². The van der Waals surface area contributed by atoms with Crippen LogP contribution in [0.1, 0.15) is 33.7 Å². The van der Waals surface area contributed by atoms with Crippen molar-refractivity contribution >= 4 is 44.6 Å². The minimum absolute atomic E-state index is 0.550. The number of aliphatic hydroxyl groups is 1. The Hall–Kier alpha value is -3.43. The Kier molecular flexibility index (Phi) is 12.4. The van der Waals surface area contributed by atoms with Gasteiger partial charge in [0.05, 0.1) is 6.61 Å². The molecule has 1 aromatic rings. The number of esters is 4. The maximum atomic E-state index is 12.9. The molecule has 0 unspecified atom stereocenters. The zero-order chi connectivity index (χ0) is 32.7. The van der Waals surface area contributed by atoms with E-state index in [4.69, 9.17) is 37.9 Å². The van der Waals surface area contributed by atoms with Gasteiger partial charge in [0.25, 0.3) is 0 Å². The third-order valence-corrected chi connectivity index (χ3v) is 8.22. The van der Waals surface area contributed by atoms with Gasteiger partial charge in [0, 0.05) is 39.7 Å². The molecule has 244 valence electrons. The van der Waals surface area contributed by atoms with E-state index >= 15 is 0 Å². The Morgan fingerprint density at radius 3 is 1.91 bits per heavy atom. The molecular weight excluding hydrogens is 636 g/mol. The predicted octanol–water partition coefficient (Wildman–Crippen LogP) is -0.617. The Bertz CT molecular complexity index is 1350. The van der Waals surface area contributed by atoms with Crippen LogP contribution in [0.5, 0.6) is 0 Å². The molecule has 0 radical (unpaired) electrons. The first-order chi connectivity index (χ1) is 20.8. The lowest BCUT2D eigenvalue weighted by Gasteiger charge is -2.48. The number of carbonyl (C=O) groups excluding carboxylic acids is 4. The van der Waals surface area contributed by atoms with E-state index < -0.39 is 108 Å². The number of hydrogen-bond donors (Lipinski definition) is 1. The van der Waals surface area contributed by atoms with Crippen LogP contribution in [0.15, 0.2) is 14.7 Å². The third-order valence-electron chi connectivity index (χ3n) is 6.35. The molecule has 0 bridgehead atoms. The lowest BCUT2D eigenvalue weighted by atomic mass is 9.94. The standard InChI is InChI=1S/C23H30N4O15S2/c1-8(29)36-7-13-17(37-9(2)30)19(39-11(4)32)15(27-22(33)43-44-23(27)34)21(41-13)42-16-12(6-28)40-20(35-5)14(25-26-24)18(16)38-10(3)31/h12-21,28H,6-7H2,1-5H3/t12-,13-,14-,15-,16+,17-,18-,19-,20-,21+/m1/s1. The molecule has 1 aromatic heterocycles. The summed E-state index contributed by atoms with van der Waals surface area (Å²) in [7, 11) is 2.31. The first-order valence-corrected chi connectivity index (χ1v) is 15.0. The molecule has 0 amide bonds. The Balaban J connectivity index is 2.22. The Morgan fingerprint density at radius 2 is 1.41 bits per heavy atom. The monoisotopic (exact) mass is 666 g/mol. The summed E-state index contributed by atoms with van der Waals surface area (Å²) in [6.07, 6.45) is -12.1. The molecule has 21 heteroatoms. The summed E-state index contributed by atoms with van der Waals surface area (Å²) in [5.41, 5.74) is 9.19. The van der Waals surface area contributed by atoms with Crippen molar-refractivity contribution in [2.45, 2.75) is 89.0 Å². The summed E-state index contributed by atoms with van der Waals surface area (Å²) in [5.74, 6) is -3.39. The highest BCUT2D eigenvalue weighted by Crippen LogP contribution is 2.38. The quantitative estimate of drug-likeness (QED) is 0.0772. The van der Waals surface area contributed by atoms with Crippen LogP contribution in [0.2, 0.25) is 0 Å². The van der Waals surface area contributed by atoms with Crippen LogP contribution in [0, 0.1) is 0 Å². The lowest BCUT2D eigenvalue weighted by Crippen LogP contribution is -2.65. The van der Waals surface area contributed by atoms with Gasteiger partial charge in [-0.05, 0) is 26.2 Å². The largest absolute Gasteiger partial charge is 0.463 e. The van der Waals surface area contributed by atoms with Gasteiger partial charge in [-0.3, -0.25) is 28.8 Å². The molecular formula is C23H30N4O15S2. The first-order valence-electron chi connectivity index (χ1n) is 12.8. The van der Waals surface area contributed by atoms with E-state index in [1.807, 2.05) is 0 Å². The van der Waals surface area contributed by atoms with Gasteiger partial charge in [-0.15, -0.1) is 0 Å². The van der Waals surface area contributed by atoms with E-state index in [9.17, 15) is 39.4 Å². The van der Waals surface area contributed by atoms with Crippen molar-refractivity contribution in [3.8, 4) is 0 Å². The molecule has 2 aliphatic rings. The van der Waals surface area contributed by atoms with Gasteiger partial charge in [-0.2, -0.15) is 0 Å². The number of rotatable bonds is 11. The molecule has 2 fully saturated rings. The number of hydrogen-bond acceptors (Lipinski definition) is 18. The highest BCUT2D eigenvalue weighted by atomic mass is 32.9. The molecule has 0 aromatic carbocycles. The number of azide groups is 1. The molecule has 0 aliphatic carbocycles. The van der Waals surface area contributed by atoms with E-state index in [0.717, 1.165) is 27.7 Å². The maximum Gasteiger partial charge on any atom is 0.321 e. The fraction of sp³-hybridized carbons (Fsp3) is 0.739. The van der Waals surface area contributed by atoms with E-state index in [-0.39, 0.29) is 0 Å². The minimum Gasteiger partial charge on any atom is -0.463 e. The molecule has 2 saturated heterocycles. The maximum absolute atomic E-state index is 12.9. The topological polar surface area (TPSA) is 250 Å². The van der Waals surface area contributed by atoms with Crippen LogP contribution in [0.25, 0.3) is 10.4 Å². The summed E-state index contributed by atoms with van der Waals surface area (Å²) >= 11 is 0. The van der Waals surface area contributed by atoms with E-state index in [0.29, 0.717) is 25.2 Å². The van der Waals surface area contributed by atoms with Crippen LogP contribution < -0.4 is 9.75 Å². The molecule has 1 N–H and O–H groups in total. The number of nitrogens with zero attached hydrogens (tertiary/aromatic N) is 4. The average molecular weight is 667 g/mol. The number of ether oxygens (including phenoxy) is 8. The van der Waals surface area contributed by atoms with Crippen LogP contribution >= 0.6 is 20.7 Å². The number of methoxy groups -OCH3 is 1. The molecule has 2 aliphatic heterocycles. The molecule has 44 heavy (non-hydrogen) atoms. The highest BCUT2D eigenvalue weighted by molar-refractivity contribution is 7.67. The van der Waals surface area contributed by atoms with Crippen molar-refractivity contribution < 1.29 is 62.2 Å². The average Bonchev–Trinajstić information content (AvgIpc) is 3.27. The van der Waals surface area contributed by atoms with Crippen LogP contribution in [0.4, 0.5) is 0 Å². The van der Waals surface area contributed by atoms with Crippen molar-refractivity contribution in [1.82, 2.24) is 4.57 Å². The van der Waals surface area contributed by atoms with Crippen molar-refractivity contribution in [1.29, 1.82) is 0 Å². The van der Waals surface area contributed by atoms with Crippen molar-refractivity contribution in [2.75, 3.05) is 20.3 Å². The Morgan fingerprint density at radius 1 is 0.864 bits per heavy atom. The van der Waals surface area contributed by atoms with Gasteiger partial charge in [-0.1, -0.05) is 5.11 Å². The van der Waals surface area contributed by atoms with Crippen molar-refractivity contribution in [3.05, 3.63) is 29.8 Å². The van der Waals surface area contributed by atoms with Gasteiger partial charge < -0.3 is 43.0 Å². The van der Waals surface area contributed by atoms with Gasteiger partial charge in [0.15, 0.2) is 24.8 Å². The van der Waals surface area contributed by atoms with Crippen LogP contribution in [-0.2, 0) is 57.1 Å². The van der Waals surface area contributed by atoms with Gasteiger partial charge >= 0.3 is 33.6 Å². The number of carbonyl (C=O) groups is 4. The summed E-state index contributed by atoms with van der Waals surface area (Å²) in [6, 6.07) is -3.03. The third kappa shape index (κ3) is 8.18. The number of aliphatic hydroxyl groups excluding tert-OH is 1. The normalized spacial score (nSPS) is 31.7. The molecule has 19 nitrogen and oxygen atoms in total. The van der Waals surface area contributed by atoms with Crippen LogP contribution in [0.3, 0.4) is 0 Å². The minimum atomic E-state index is -1.80. The van der Waals surface area contributed by atoms with Crippen LogP contribution in [-0.4, -0.2) is 109 Å². The second-order valence-electron chi connectivity index (χ2n) is 9.38. The zero-order valence-corrected chi connectivity index (χ0v) is 25.6. The van der Waals surface area contributed by atoms with Gasteiger partial charge in [-0.25, -0.2) is 4.57 Å². The lowest BCUT2D eigenvalue weighted by molar-refractivity contribution is -0.336. The SMILES string of the molecule is CO[C@@H]1O[C@H](CO)[C@H](O[C@@H]2O[C@H](COC(C)=O)[C@@H](OC(C)=O)[C@H](OC(C)=O)[C@H]2n2c(=O)ssc2=O)[C@H](OC(C)=O)[C@H]1N=[N+]=[N-]. The van der Waals surface area contributed by atoms with Gasteiger partial charge in [0.1, 0.15) is 43.1 Å². The van der Waals surface area contributed by atoms with E-state index in [2.05, 4.69) is 10.0 Å². The molecule has 3 heterocycles. The second kappa shape index (κ2) is 15.5. The van der Waals surface area contributed by atoms with Crippen molar-refractivity contribution in [3.63, 3.8) is 0 Å². The number of aromatic nitrogens is 1. The van der Waals surface area contributed by atoms with Gasteiger partial charge in [0.2, 0.25) is 0 Å². The van der Waals surface area contributed by atoms with E-state index in [1.165, 1.54) is 7.11 Å². The fourth-order valence-electron chi connectivity index (χ4n) is 4.80. The summed E-state index contributed by atoms with van der Waals surface area (Å²) in [5, 5.41) is 13.8. The molecule has 3 rings (SSSR count). The first kappa shape index (κ1) is 35.1. The molecule has 0 spiro atoms. The fourth-order valence-corrected chi connectivity index (χ4v) is 6.48. The van der Waals surface area contributed by atoms with Crippen molar-refractivity contribution in [2.24, 2.45) is 5.11 Å². The zero-order valence-electron chi connectivity index (χ0n) is 24.0. The summed E-state index contributed by atoms with van der Waals surface area (Å²) < 4.78 is 45.2. The molecule has 0 saturated carbocycles. The predicted molar refractivity (Wildman–Crippen MR) is 144 cm³/mol. The smallest absolute Gasteiger partial charge is 0.321 e. The summed E-state index contributed by atoms with van der Waals surface area (Å²) in [6.45, 7) is 2.87. The highest BCUT2D eigenvalue weighted by Gasteiger charge is 2.56. The second-order valence-corrected chi connectivity index (χ2v) is 11.4.